The van der Waals surface area contributed by atoms with E-state index in [2.05, 4.69) is 10.2 Å². The number of fused-ring (bicyclic) bond motifs is 3. The zero-order valence-corrected chi connectivity index (χ0v) is 12.3. The molecular weight excluding hydrogens is 276 g/mol. The van der Waals surface area contributed by atoms with Crippen molar-refractivity contribution in [3.8, 4) is 5.69 Å². The average Bonchev–Trinajstić information content (AvgIpc) is 3.01. The van der Waals surface area contributed by atoms with Gasteiger partial charge in [-0.1, -0.05) is 24.3 Å². The molecule has 0 amide bonds. The molecular formula is C17H14N4O. The monoisotopic (exact) mass is 290 g/mol. The standard InChI is InChI=1S/C17H14N4O/c1-11-6-5-9-14(12(11)2)21-16(22)13-7-3-4-8-15(13)20-10-18-19-17(20)21/h3-10H,1-2H3. The van der Waals surface area contributed by atoms with E-state index in [1.165, 1.54) is 0 Å². The Hall–Kier alpha value is -2.95. The van der Waals surface area contributed by atoms with Crippen LogP contribution in [0.15, 0.2) is 53.6 Å². The minimum absolute atomic E-state index is 0.0789. The minimum atomic E-state index is -0.0789. The lowest BCUT2D eigenvalue weighted by molar-refractivity contribution is 0.954. The third kappa shape index (κ3) is 1.62. The average molecular weight is 290 g/mol. The number of hydrogen-bond acceptors (Lipinski definition) is 3. The maximum Gasteiger partial charge on any atom is 0.267 e. The van der Waals surface area contributed by atoms with Crippen LogP contribution in [0.2, 0.25) is 0 Å². The van der Waals surface area contributed by atoms with E-state index in [9.17, 15) is 4.79 Å². The fraction of sp³-hybridized carbons (Fsp3) is 0.118. The molecule has 22 heavy (non-hydrogen) atoms. The molecule has 0 saturated carbocycles. The lowest BCUT2D eigenvalue weighted by Gasteiger charge is -2.13. The molecule has 0 saturated heterocycles. The highest BCUT2D eigenvalue weighted by molar-refractivity contribution is 5.80. The molecule has 108 valence electrons. The number of para-hydroxylation sites is 1. The fourth-order valence-electron chi connectivity index (χ4n) is 2.82. The minimum Gasteiger partial charge on any atom is -0.268 e. The Bertz CT molecular complexity index is 1080. The van der Waals surface area contributed by atoms with Gasteiger partial charge in [-0.25, -0.2) is 4.57 Å². The van der Waals surface area contributed by atoms with Gasteiger partial charge in [0, 0.05) is 0 Å². The van der Waals surface area contributed by atoms with Gasteiger partial charge in [0.15, 0.2) is 0 Å². The maximum absolute atomic E-state index is 13.0. The maximum atomic E-state index is 13.0. The zero-order chi connectivity index (χ0) is 15.3. The van der Waals surface area contributed by atoms with E-state index in [0.29, 0.717) is 11.2 Å². The molecule has 0 unspecified atom stereocenters. The predicted octanol–water partition coefficient (Wildman–Crippen LogP) is 2.65. The smallest absolute Gasteiger partial charge is 0.267 e. The zero-order valence-electron chi connectivity index (χ0n) is 12.3. The quantitative estimate of drug-likeness (QED) is 0.541. The molecule has 0 bridgehead atoms. The molecule has 2 aromatic carbocycles. The van der Waals surface area contributed by atoms with Crippen molar-refractivity contribution in [2.45, 2.75) is 13.8 Å². The van der Waals surface area contributed by atoms with E-state index < -0.39 is 0 Å². The van der Waals surface area contributed by atoms with Crippen LogP contribution >= 0.6 is 0 Å². The molecule has 0 atom stereocenters. The van der Waals surface area contributed by atoms with E-state index in [4.69, 9.17) is 0 Å². The van der Waals surface area contributed by atoms with E-state index in [1.807, 2.05) is 60.7 Å². The Labute approximate surface area is 126 Å². The van der Waals surface area contributed by atoms with E-state index in [1.54, 1.807) is 10.9 Å². The number of benzene rings is 2. The topological polar surface area (TPSA) is 52.2 Å². The highest BCUT2D eigenvalue weighted by Gasteiger charge is 2.15. The summed E-state index contributed by atoms with van der Waals surface area (Å²) in [6.45, 7) is 4.05. The van der Waals surface area contributed by atoms with Gasteiger partial charge in [-0.05, 0) is 43.2 Å². The first-order valence-electron chi connectivity index (χ1n) is 7.08. The second kappa shape index (κ2) is 4.53. The van der Waals surface area contributed by atoms with Gasteiger partial charge >= 0.3 is 0 Å². The number of aromatic nitrogens is 4. The second-order valence-electron chi connectivity index (χ2n) is 5.38. The Morgan fingerprint density at radius 2 is 1.82 bits per heavy atom. The summed E-state index contributed by atoms with van der Waals surface area (Å²) in [5, 5.41) is 8.79. The van der Waals surface area contributed by atoms with Crippen LogP contribution in [-0.4, -0.2) is 19.2 Å². The highest BCUT2D eigenvalue weighted by atomic mass is 16.1. The Balaban J connectivity index is 2.26. The van der Waals surface area contributed by atoms with Crippen LogP contribution in [-0.2, 0) is 0 Å². The van der Waals surface area contributed by atoms with Gasteiger partial charge in [0.05, 0.1) is 16.6 Å². The van der Waals surface area contributed by atoms with Crippen LogP contribution in [0.4, 0.5) is 0 Å². The Morgan fingerprint density at radius 3 is 2.68 bits per heavy atom. The van der Waals surface area contributed by atoms with Crippen molar-refractivity contribution < 1.29 is 0 Å². The van der Waals surface area contributed by atoms with Crippen LogP contribution in [0.25, 0.3) is 22.4 Å². The number of hydrogen-bond donors (Lipinski definition) is 0. The lowest BCUT2D eigenvalue weighted by Crippen LogP contribution is -2.22. The Morgan fingerprint density at radius 1 is 1.00 bits per heavy atom. The van der Waals surface area contributed by atoms with Gasteiger partial charge in [-0.2, -0.15) is 0 Å². The molecule has 2 aromatic heterocycles. The third-order valence-electron chi connectivity index (χ3n) is 4.14. The molecule has 2 heterocycles. The molecule has 0 spiro atoms. The number of nitrogens with zero attached hydrogens (tertiary/aromatic N) is 4. The summed E-state index contributed by atoms with van der Waals surface area (Å²) in [6, 6.07) is 13.4. The van der Waals surface area contributed by atoms with Gasteiger partial charge in [0.1, 0.15) is 6.33 Å². The second-order valence-corrected chi connectivity index (χ2v) is 5.38. The molecule has 5 heteroatoms. The lowest BCUT2D eigenvalue weighted by atomic mass is 10.1. The van der Waals surface area contributed by atoms with E-state index >= 15 is 0 Å². The van der Waals surface area contributed by atoms with Crippen molar-refractivity contribution in [1.29, 1.82) is 0 Å². The summed E-state index contributed by atoms with van der Waals surface area (Å²) >= 11 is 0. The van der Waals surface area contributed by atoms with Crippen molar-refractivity contribution in [2.75, 3.05) is 0 Å². The van der Waals surface area contributed by atoms with Gasteiger partial charge in [0.25, 0.3) is 5.56 Å². The summed E-state index contributed by atoms with van der Waals surface area (Å²) < 4.78 is 3.48. The highest BCUT2D eigenvalue weighted by Crippen LogP contribution is 2.20. The van der Waals surface area contributed by atoms with Crippen molar-refractivity contribution >= 4 is 16.7 Å². The van der Waals surface area contributed by atoms with Crippen LogP contribution in [0, 0.1) is 13.8 Å². The molecule has 4 rings (SSSR count). The summed E-state index contributed by atoms with van der Waals surface area (Å²) in [4.78, 5) is 13.0. The third-order valence-corrected chi connectivity index (χ3v) is 4.14. The van der Waals surface area contributed by atoms with Gasteiger partial charge < -0.3 is 0 Å². The van der Waals surface area contributed by atoms with Crippen molar-refractivity contribution in [3.63, 3.8) is 0 Å². The number of aryl methyl sites for hydroxylation is 1. The summed E-state index contributed by atoms with van der Waals surface area (Å²) in [5.41, 5.74) is 3.77. The molecule has 0 N–H and O–H groups in total. The summed E-state index contributed by atoms with van der Waals surface area (Å²) in [7, 11) is 0. The SMILES string of the molecule is Cc1cccc(-n2c(=O)c3ccccc3n3cnnc23)c1C. The van der Waals surface area contributed by atoms with E-state index in [0.717, 1.165) is 22.3 Å². The predicted molar refractivity (Wildman–Crippen MR) is 85.6 cm³/mol. The first kappa shape index (κ1) is 12.8. The molecule has 0 aliphatic carbocycles. The molecule has 5 nitrogen and oxygen atoms in total. The number of rotatable bonds is 1. The largest absolute Gasteiger partial charge is 0.268 e. The first-order valence-corrected chi connectivity index (χ1v) is 7.08. The first-order chi connectivity index (χ1) is 10.7. The van der Waals surface area contributed by atoms with Crippen molar-refractivity contribution in [1.82, 2.24) is 19.2 Å². The Kier molecular flexibility index (Phi) is 2.63. The molecule has 4 aromatic rings. The molecule has 0 aliphatic rings. The van der Waals surface area contributed by atoms with Gasteiger partial charge in [-0.3, -0.25) is 9.20 Å². The van der Waals surface area contributed by atoms with Crippen molar-refractivity contribution in [2.24, 2.45) is 0 Å². The van der Waals surface area contributed by atoms with Crippen LogP contribution < -0.4 is 5.56 Å². The van der Waals surface area contributed by atoms with Crippen LogP contribution in [0.1, 0.15) is 11.1 Å². The normalized spacial score (nSPS) is 11.4. The van der Waals surface area contributed by atoms with Crippen LogP contribution in [0.5, 0.6) is 0 Å². The summed E-state index contributed by atoms with van der Waals surface area (Å²) in [6.07, 6.45) is 1.64. The molecule has 0 radical (unpaired) electrons. The molecule has 0 aliphatic heterocycles. The van der Waals surface area contributed by atoms with Gasteiger partial charge in [0.2, 0.25) is 5.78 Å². The van der Waals surface area contributed by atoms with Gasteiger partial charge in [-0.15, -0.1) is 10.2 Å². The van der Waals surface area contributed by atoms with Crippen LogP contribution in [0.3, 0.4) is 0 Å². The van der Waals surface area contributed by atoms with E-state index in [-0.39, 0.29) is 5.56 Å². The fourth-order valence-corrected chi connectivity index (χ4v) is 2.82. The molecule has 0 fully saturated rings. The summed E-state index contributed by atoms with van der Waals surface area (Å²) in [5.74, 6) is 0.525. The van der Waals surface area contributed by atoms with Crippen molar-refractivity contribution in [3.05, 3.63) is 70.3 Å².